The number of allylic oxidation sites excluding steroid dienone is 6. The van der Waals surface area contributed by atoms with Gasteiger partial charge in [-0.1, -0.05) is 60.2 Å². The lowest BCUT2D eigenvalue weighted by Gasteiger charge is -2.45. The van der Waals surface area contributed by atoms with E-state index in [0.29, 0.717) is 0 Å². The fourth-order valence-corrected chi connectivity index (χ4v) is 4.54. The van der Waals surface area contributed by atoms with Gasteiger partial charge < -0.3 is 4.90 Å². The lowest BCUT2D eigenvalue weighted by Crippen LogP contribution is -2.41. The van der Waals surface area contributed by atoms with Crippen LogP contribution in [0.25, 0.3) is 0 Å². The zero-order valence-corrected chi connectivity index (χ0v) is 14.1. The van der Waals surface area contributed by atoms with E-state index in [1.165, 1.54) is 43.5 Å². The minimum Gasteiger partial charge on any atom is -0.375 e. The summed E-state index contributed by atoms with van der Waals surface area (Å²) in [4.78, 5) is 2.68. The molecule has 3 atom stereocenters. The van der Waals surface area contributed by atoms with Crippen LogP contribution in [0.4, 0.5) is 0 Å². The molecule has 23 heavy (non-hydrogen) atoms. The molecule has 1 saturated heterocycles. The van der Waals surface area contributed by atoms with Crippen LogP contribution >= 0.6 is 0 Å². The molecule has 0 radical (unpaired) electrons. The Morgan fingerprint density at radius 2 is 1.91 bits per heavy atom. The summed E-state index contributed by atoms with van der Waals surface area (Å²) in [6.07, 6.45) is 17.0. The molecule has 0 aromatic heterocycles. The molecular formula is C22H27N. The number of fused-ring (bicyclic) bond motifs is 3. The smallest absolute Gasteiger partial charge is 0.0215 e. The van der Waals surface area contributed by atoms with Crippen molar-refractivity contribution in [2.24, 2.45) is 17.8 Å². The molecule has 1 fully saturated rings. The van der Waals surface area contributed by atoms with Gasteiger partial charge in [-0.2, -0.15) is 0 Å². The lowest BCUT2D eigenvalue weighted by atomic mass is 9.69. The van der Waals surface area contributed by atoms with Crippen molar-refractivity contribution >= 4 is 0 Å². The van der Waals surface area contributed by atoms with Gasteiger partial charge >= 0.3 is 0 Å². The minimum atomic E-state index is 0.738. The molecule has 4 rings (SSSR count). The summed E-state index contributed by atoms with van der Waals surface area (Å²) < 4.78 is 0. The van der Waals surface area contributed by atoms with E-state index in [1.807, 2.05) is 0 Å². The van der Waals surface area contributed by atoms with E-state index in [-0.39, 0.29) is 0 Å². The zero-order valence-electron chi connectivity index (χ0n) is 14.1. The lowest BCUT2D eigenvalue weighted by molar-refractivity contribution is 0.180. The van der Waals surface area contributed by atoms with Crippen LogP contribution in [0.15, 0.2) is 60.3 Å². The van der Waals surface area contributed by atoms with E-state index >= 15 is 0 Å². The van der Waals surface area contributed by atoms with Gasteiger partial charge in [0.2, 0.25) is 0 Å². The highest BCUT2D eigenvalue weighted by molar-refractivity contribution is 5.26. The molecule has 1 nitrogen and oxygen atoms in total. The van der Waals surface area contributed by atoms with Gasteiger partial charge in [0.05, 0.1) is 0 Å². The molecule has 1 aromatic rings. The third-order valence-corrected chi connectivity index (χ3v) is 5.84. The predicted molar refractivity (Wildman–Crippen MR) is 97.1 cm³/mol. The van der Waals surface area contributed by atoms with Gasteiger partial charge in [0.25, 0.3) is 0 Å². The maximum absolute atomic E-state index is 2.68. The Bertz CT molecular complexity index is 634. The number of aryl methyl sites for hydroxylation is 1. The fraction of sp³-hybridized carbons (Fsp3) is 0.455. The monoisotopic (exact) mass is 305 g/mol. The molecule has 2 aliphatic carbocycles. The molecule has 1 aliphatic heterocycles. The van der Waals surface area contributed by atoms with Crippen molar-refractivity contribution in [3.8, 4) is 0 Å². The second kappa shape index (κ2) is 6.39. The molecular weight excluding hydrogens is 278 g/mol. The molecule has 1 aromatic carbocycles. The SMILES string of the molecule is Cc1ccc(CCN2CCCC3C2=CCC2C=CC=CC23)cc1. The fourth-order valence-electron chi connectivity index (χ4n) is 4.54. The quantitative estimate of drug-likeness (QED) is 0.768. The zero-order chi connectivity index (χ0) is 15.6. The Labute approximate surface area is 140 Å². The van der Waals surface area contributed by atoms with E-state index < -0.39 is 0 Å². The van der Waals surface area contributed by atoms with Crippen LogP contribution in [0, 0.1) is 24.7 Å². The largest absolute Gasteiger partial charge is 0.375 e. The van der Waals surface area contributed by atoms with Gasteiger partial charge in [-0.25, -0.2) is 0 Å². The van der Waals surface area contributed by atoms with Crippen molar-refractivity contribution < 1.29 is 0 Å². The topological polar surface area (TPSA) is 3.24 Å². The second-order valence-electron chi connectivity index (χ2n) is 7.35. The molecule has 1 heteroatoms. The summed E-state index contributed by atoms with van der Waals surface area (Å²) in [5, 5.41) is 0. The van der Waals surface area contributed by atoms with Crippen molar-refractivity contribution in [3.63, 3.8) is 0 Å². The van der Waals surface area contributed by atoms with Crippen molar-refractivity contribution in [3.05, 3.63) is 71.5 Å². The van der Waals surface area contributed by atoms with Crippen molar-refractivity contribution in [1.82, 2.24) is 4.90 Å². The summed E-state index contributed by atoms with van der Waals surface area (Å²) in [5.74, 6) is 2.23. The van der Waals surface area contributed by atoms with Gasteiger partial charge in [0.15, 0.2) is 0 Å². The maximum Gasteiger partial charge on any atom is 0.0215 e. The molecule has 3 aliphatic rings. The van der Waals surface area contributed by atoms with Crippen molar-refractivity contribution in [1.29, 1.82) is 0 Å². The van der Waals surface area contributed by atoms with Crippen LogP contribution in [0.3, 0.4) is 0 Å². The van der Waals surface area contributed by atoms with E-state index in [0.717, 1.165) is 24.2 Å². The average Bonchev–Trinajstić information content (AvgIpc) is 2.61. The Morgan fingerprint density at radius 1 is 1.09 bits per heavy atom. The van der Waals surface area contributed by atoms with Gasteiger partial charge in [0.1, 0.15) is 0 Å². The van der Waals surface area contributed by atoms with Crippen LogP contribution in [0.5, 0.6) is 0 Å². The molecule has 0 spiro atoms. The summed E-state index contributed by atoms with van der Waals surface area (Å²) in [6, 6.07) is 9.05. The van der Waals surface area contributed by atoms with Gasteiger partial charge in [0, 0.05) is 24.7 Å². The van der Waals surface area contributed by atoms with Crippen molar-refractivity contribution in [2.45, 2.75) is 32.6 Å². The van der Waals surface area contributed by atoms with Gasteiger partial charge in [-0.05, 0) is 50.0 Å². The number of likely N-dealkylation sites (tertiary alicyclic amines) is 1. The van der Waals surface area contributed by atoms with Crippen LogP contribution < -0.4 is 0 Å². The third kappa shape index (κ3) is 3.02. The van der Waals surface area contributed by atoms with E-state index in [2.05, 4.69) is 66.5 Å². The summed E-state index contributed by atoms with van der Waals surface area (Å²) in [6.45, 7) is 4.57. The van der Waals surface area contributed by atoms with Crippen LogP contribution in [-0.2, 0) is 6.42 Å². The predicted octanol–water partition coefficient (Wildman–Crippen LogP) is 4.90. The molecule has 0 N–H and O–H groups in total. The normalized spacial score (nSPS) is 29.0. The van der Waals surface area contributed by atoms with Crippen LogP contribution in [0.2, 0.25) is 0 Å². The maximum atomic E-state index is 2.68. The Hall–Kier alpha value is -1.76. The second-order valence-corrected chi connectivity index (χ2v) is 7.35. The van der Waals surface area contributed by atoms with Crippen molar-refractivity contribution in [2.75, 3.05) is 13.1 Å². The third-order valence-electron chi connectivity index (χ3n) is 5.84. The van der Waals surface area contributed by atoms with Crippen LogP contribution in [-0.4, -0.2) is 18.0 Å². The first kappa shape index (κ1) is 14.8. The first-order chi connectivity index (χ1) is 11.3. The minimum absolute atomic E-state index is 0.738. The summed E-state index contributed by atoms with van der Waals surface area (Å²) in [5.41, 5.74) is 4.46. The highest BCUT2D eigenvalue weighted by atomic mass is 15.1. The molecule has 120 valence electrons. The number of hydrogen-bond acceptors (Lipinski definition) is 1. The van der Waals surface area contributed by atoms with Crippen LogP contribution in [0.1, 0.15) is 30.4 Å². The number of hydrogen-bond donors (Lipinski definition) is 0. The Morgan fingerprint density at radius 3 is 2.78 bits per heavy atom. The summed E-state index contributed by atoms with van der Waals surface area (Å²) in [7, 11) is 0. The highest BCUT2D eigenvalue weighted by Gasteiger charge is 2.36. The Kier molecular flexibility index (Phi) is 4.11. The van der Waals surface area contributed by atoms with E-state index in [4.69, 9.17) is 0 Å². The summed E-state index contributed by atoms with van der Waals surface area (Å²) >= 11 is 0. The number of benzene rings is 1. The first-order valence-electron chi connectivity index (χ1n) is 9.17. The molecule has 0 amide bonds. The van der Waals surface area contributed by atoms with Gasteiger partial charge in [-0.15, -0.1) is 0 Å². The molecule has 0 saturated carbocycles. The molecule has 1 heterocycles. The van der Waals surface area contributed by atoms with E-state index in [9.17, 15) is 0 Å². The molecule has 0 bridgehead atoms. The standard InChI is InChI=1S/C22H27N/c1-17-8-10-18(11-9-17)14-16-23-15-4-7-21-20-6-3-2-5-19(20)12-13-22(21)23/h2-3,5-6,8-11,13,19-21H,4,7,12,14-16H2,1H3. The average molecular weight is 305 g/mol. The van der Waals surface area contributed by atoms with Gasteiger partial charge in [-0.3, -0.25) is 0 Å². The number of nitrogens with zero attached hydrogens (tertiary/aromatic N) is 1. The number of piperidine rings is 1. The first-order valence-corrected chi connectivity index (χ1v) is 9.17. The molecule has 3 unspecified atom stereocenters. The number of rotatable bonds is 3. The Balaban J connectivity index is 1.47. The highest BCUT2D eigenvalue weighted by Crippen LogP contribution is 2.44. The van der Waals surface area contributed by atoms with E-state index in [1.54, 1.807) is 5.70 Å².